The first kappa shape index (κ1) is 23.8. The molecule has 0 unspecified atom stereocenters. The zero-order valence-electron chi connectivity index (χ0n) is 17.3. The summed E-state index contributed by atoms with van der Waals surface area (Å²) < 4.78 is 38.8. The maximum absolute atomic E-state index is 13.6. The molecule has 0 aliphatic carbocycles. The Kier molecular flexibility index (Phi) is 6.37. The highest BCUT2D eigenvalue weighted by Gasteiger charge is 2.61. The highest BCUT2D eigenvalue weighted by molar-refractivity contribution is 7.10. The second kappa shape index (κ2) is 8.57. The molecule has 10 heteroatoms. The van der Waals surface area contributed by atoms with Crippen molar-refractivity contribution < 1.29 is 37.8 Å². The molecule has 2 heterocycles. The molecule has 1 fully saturated rings. The van der Waals surface area contributed by atoms with E-state index >= 15 is 0 Å². The standard InChI is InChI=1S/C22H22F3NO5S/c1-12(2)10-21(20(30)31)11-15(19(28)29)17(16-4-3-9-32-16)26(21)18(27)13-5-7-14(8-6-13)22(23,24)25/h3-9,12,15,17H,10-11H2,1-2H3,(H,28,29)(H,30,31)/t15-,17+,21-/m0/s1. The van der Waals surface area contributed by atoms with E-state index < -0.39 is 47.1 Å². The van der Waals surface area contributed by atoms with E-state index in [1.165, 1.54) is 11.3 Å². The van der Waals surface area contributed by atoms with Crippen LogP contribution in [0, 0.1) is 11.8 Å². The Labute approximate surface area is 186 Å². The molecule has 6 nitrogen and oxygen atoms in total. The van der Waals surface area contributed by atoms with E-state index in [1.807, 2.05) is 0 Å². The number of aliphatic carboxylic acids is 2. The number of carbonyl (C=O) groups excluding carboxylic acids is 1. The van der Waals surface area contributed by atoms with Crippen LogP contribution >= 0.6 is 11.3 Å². The number of amides is 1. The Morgan fingerprint density at radius 1 is 1.16 bits per heavy atom. The molecule has 1 aliphatic rings. The maximum Gasteiger partial charge on any atom is 0.416 e. The molecule has 1 aromatic carbocycles. The fourth-order valence-corrected chi connectivity index (χ4v) is 5.30. The molecule has 32 heavy (non-hydrogen) atoms. The Hall–Kier alpha value is -2.88. The molecule has 2 aromatic rings. The van der Waals surface area contributed by atoms with Crippen LogP contribution in [0.3, 0.4) is 0 Å². The highest BCUT2D eigenvalue weighted by Crippen LogP contribution is 2.51. The number of carbonyl (C=O) groups is 3. The van der Waals surface area contributed by atoms with Gasteiger partial charge in [-0.1, -0.05) is 19.9 Å². The lowest BCUT2D eigenvalue weighted by Crippen LogP contribution is -2.54. The van der Waals surface area contributed by atoms with Gasteiger partial charge in [-0.3, -0.25) is 9.59 Å². The second-order valence-corrected chi connectivity index (χ2v) is 9.27. The molecule has 172 valence electrons. The fourth-order valence-electron chi connectivity index (χ4n) is 4.42. The molecule has 1 aliphatic heterocycles. The number of alkyl halides is 3. The van der Waals surface area contributed by atoms with Gasteiger partial charge < -0.3 is 15.1 Å². The lowest BCUT2D eigenvalue weighted by molar-refractivity contribution is -0.150. The van der Waals surface area contributed by atoms with E-state index in [0.717, 1.165) is 29.2 Å². The summed E-state index contributed by atoms with van der Waals surface area (Å²) in [6.07, 6.45) is -4.89. The summed E-state index contributed by atoms with van der Waals surface area (Å²) >= 11 is 1.20. The summed E-state index contributed by atoms with van der Waals surface area (Å²) in [6, 6.07) is 5.73. The molecule has 0 saturated carbocycles. The monoisotopic (exact) mass is 469 g/mol. The van der Waals surface area contributed by atoms with Crippen LogP contribution < -0.4 is 0 Å². The lowest BCUT2D eigenvalue weighted by Gasteiger charge is -2.39. The summed E-state index contributed by atoms with van der Waals surface area (Å²) in [4.78, 5) is 39.8. The molecular weight excluding hydrogens is 447 g/mol. The first-order chi connectivity index (χ1) is 14.9. The van der Waals surface area contributed by atoms with Gasteiger partial charge in [-0.15, -0.1) is 11.3 Å². The third kappa shape index (κ3) is 4.23. The number of halogens is 3. The first-order valence-electron chi connectivity index (χ1n) is 9.89. The molecule has 1 aromatic heterocycles. The van der Waals surface area contributed by atoms with Gasteiger partial charge in [-0.05, 0) is 54.5 Å². The molecule has 0 bridgehead atoms. The number of carboxylic acids is 2. The molecule has 0 radical (unpaired) electrons. The number of nitrogens with zero attached hydrogens (tertiary/aromatic N) is 1. The minimum absolute atomic E-state index is 0.000360. The first-order valence-corrected chi connectivity index (χ1v) is 10.8. The summed E-state index contributed by atoms with van der Waals surface area (Å²) in [6.45, 7) is 3.53. The Bertz CT molecular complexity index is 1000. The van der Waals surface area contributed by atoms with Gasteiger partial charge in [0.15, 0.2) is 0 Å². The summed E-state index contributed by atoms with van der Waals surface area (Å²) in [5.74, 6) is -4.76. The van der Waals surface area contributed by atoms with Gasteiger partial charge in [0.05, 0.1) is 17.5 Å². The zero-order chi connectivity index (χ0) is 23.8. The number of rotatable bonds is 6. The zero-order valence-corrected chi connectivity index (χ0v) is 18.1. The van der Waals surface area contributed by atoms with Crippen LogP contribution in [0.25, 0.3) is 0 Å². The molecular formula is C22H22F3NO5S. The van der Waals surface area contributed by atoms with E-state index in [0.29, 0.717) is 4.88 Å². The average Bonchev–Trinajstić information content (AvgIpc) is 3.33. The summed E-state index contributed by atoms with van der Waals surface area (Å²) in [5, 5.41) is 21.8. The fraction of sp³-hybridized carbons (Fsp3) is 0.409. The minimum atomic E-state index is -4.59. The maximum atomic E-state index is 13.6. The topological polar surface area (TPSA) is 94.9 Å². The van der Waals surface area contributed by atoms with Crippen LogP contribution in [-0.4, -0.2) is 38.5 Å². The van der Waals surface area contributed by atoms with Crippen molar-refractivity contribution >= 4 is 29.2 Å². The highest BCUT2D eigenvalue weighted by atomic mass is 32.1. The number of hydrogen-bond acceptors (Lipinski definition) is 4. The lowest BCUT2D eigenvalue weighted by atomic mass is 9.83. The molecule has 3 atom stereocenters. The van der Waals surface area contributed by atoms with Crippen LogP contribution in [0.4, 0.5) is 13.2 Å². The van der Waals surface area contributed by atoms with E-state index in [9.17, 15) is 37.8 Å². The molecule has 3 rings (SSSR count). The summed E-state index contributed by atoms with van der Waals surface area (Å²) in [7, 11) is 0. The van der Waals surface area contributed by atoms with Crippen molar-refractivity contribution in [3.05, 3.63) is 57.8 Å². The molecule has 1 saturated heterocycles. The van der Waals surface area contributed by atoms with Crippen molar-refractivity contribution in [3.63, 3.8) is 0 Å². The van der Waals surface area contributed by atoms with Gasteiger partial charge in [0.2, 0.25) is 0 Å². The van der Waals surface area contributed by atoms with Crippen LogP contribution in [-0.2, 0) is 15.8 Å². The SMILES string of the molecule is CC(C)C[C@@]1(C(=O)O)C[C@H](C(=O)O)[C@H](c2cccs2)N1C(=O)c1ccc(C(F)(F)F)cc1. The predicted octanol–water partition coefficient (Wildman–Crippen LogP) is 4.92. The number of hydrogen-bond donors (Lipinski definition) is 2. The smallest absolute Gasteiger partial charge is 0.416 e. The quantitative estimate of drug-likeness (QED) is 0.626. The van der Waals surface area contributed by atoms with Crippen molar-refractivity contribution in [2.24, 2.45) is 11.8 Å². The summed E-state index contributed by atoms with van der Waals surface area (Å²) in [5.41, 5.74) is -2.90. The third-order valence-corrected chi connectivity index (χ3v) is 6.59. The van der Waals surface area contributed by atoms with E-state index in [4.69, 9.17) is 0 Å². The Morgan fingerprint density at radius 3 is 2.22 bits per heavy atom. The third-order valence-electron chi connectivity index (χ3n) is 5.65. The van der Waals surface area contributed by atoms with Gasteiger partial charge in [0.25, 0.3) is 5.91 Å². The van der Waals surface area contributed by atoms with Gasteiger partial charge in [-0.25, -0.2) is 4.79 Å². The molecule has 2 N–H and O–H groups in total. The van der Waals surface area contributed by atoms with Crippen molar-refractivity contribution in [1.82, 2.24) is 4.90 Å². The van der Waals surface area contributed by atoms with E-state index in [-0.39, 0.29) is 24.3 Å². The normalized spacial score (nSPS) is 23.5. The Balaban J connectivity index is 2.17. The number of likely N-dealkylation sites (tertiary alicyclic amines) is 1. The molecule has 1 amide bonds. The van der Waals surface area contributed by atoms with Crippen LogP contribution in [0.2, 0.25) is 0 Å². The predicted molar refractivity (Wildman–Crippen MR) is 110 cm³/mol. The largest absolute Gasteiger partial charge is 0.481 e. The van der Waals surface area contributed by atoms with Crippen LogP contribution in [0.5, 0.6) is 0 Å². The number of carboxylic acid groups (broad SMARTS) is 2. The van der Waals surface area contributed by atoms with Crippen molar-refractivity contribution in [1.29, 1.82) is 0 Å². The van der Waals surface area contributed by atoms with Gasteiger partial charge in [0, 0.05) is 10.4 Å². The van der Waals surface area contributed by atoms with Crippen LogP contribution in [0.15, 0.2) is 41.8 Å². The Morgan fingerprint density at radius 2 is 1.78 bits per heavy atom. The van der Waals surface area contributed by atoms with Crippen molar-refractivity contribution in [2.45, 2.75) is 44.4 Å². The number of thiophene rings is 1. The van der Waals surface area contributed by atoms with Gasteiger partial charge in [-0.2, -0.15) is 13.2 Å². The van der Waals surface area contributed by atoms with Gasteiger partial charge in [0.1, 0.15) is 5.54 Å². The minimum Gasteiger partial charge on any atom is -0.481 e. The average molecular weight is 469 g/mol. The van der Waals surface area contributed by atoms with Crippen molar-refractivity contribution in [2.75, 3.05) is 0 Å². The number of benzene rings is 1. The van der Waals surface area contributed by atoms with E-state index in [2.05, 4.69) is 0 Å². The van der Waals surface area contributed by atoms with Gasteiger partial charge >= 0.3 is 18.1 Å². The second-order valence-electron chi connectivity index (χ2n) is 8.29. The van der Waals surface area contributed by atoms with E-state index in [1.54, 1.807) is 31.4 Å². The molecule has 0 spiro atoms. The van der Waals surface area contributed by atoms with Crippen LogP contribution in [0.1, 0.15) is 53.5 Å². The van der Waals surface area contributed by atoms with Crippen molar-refractivity contribution in [3.8, 4) is 0 Å².